The number of rotatable bonds is 38. The second kappa shape index (κ2) is 49.2. The molecular weight excluding hydrogens is 781 g/mol. The Morgan fingerprint density at radius 2 is 0.730 bits per heavy atom. The van der Waals surface area contributed by atoms with Crippen molar-refractivity contribution in [2.45, 2.75) is 142 Å². The lowest BCUT2D eigenvalue weighted by molar-refractivity contribution is -0.166. The lowest BCUT2D eigenvalue weighted by Gasteiger charge is -2.18. The maximum Gasteiger partial charge on any atom is 0.309 e. The zero-order valence-electron chi connectivity index (χ0n) is 39.0. The molecule has 0 N–H and O–H groups in total. The van der Waals surface area contributed by atoms with Gasteiger partial charge in [-0.05, 0) is 89.9 Å². The molecule has 0 rings (SSSR count). The fourth-order valence-electron chi connectivity index (χ4n) is 5.22. The van der Waals surface area contributed by atoms with E-state index in [0.29, 0.717) is 12.8 Å². The minimum atomic E-state index is -0.872. The van der Waals surface area contributed by atoms with E-state index in [2.05, 4.69) is 118 Å². The van der Waals surface area contributed by atoms with Crippen molar-refractivity contribution >= 4 is 17.9 Å². The lowest BCUT2D eigenvalue weighted by Crippen LogP contribution is -2.30. The van der Waals surface area contributed by atoms with Crippen LogP contribution in [-0.2, 0) is 28.6 Å². The number of carbonyl (C=O) groups excluding carboxylic acids is 3. The largest absolute Gasteiger partial charge is 0.462 e. The third-order valence-electron chi connectivity index (χ3n) is 8.61. The van der Waals surface area contributed by atoms with Crippen molar-refractivity contribution in [3.8, 4) is 0 Å². The van der Waals surface area contributed by atoms with Crippen LogP contribution in [0.25, 0.3) is 0 Å². The first-order valence-corrected chi connectivity index (χ1v) is 23.4. The molecule has 1 unspecified atom stereocenters. The van der Waals surface area contributed by atoms with Crippen LogP contribution in [0.5, 0.6) is 0 Å². The van der Waals surface area contributed by atoms with Gasteiger partial charge in [-0.2, -0.15) is 0 Å². The summed E-state index contributed by atoms with van der Waals surface area (Å²) in [5.74, 6) is -1.21. The third-order valence-corrected chi connectivity index (χ3v) is 8.61. The van der Waals surface area contributed by atoms with Gasteiger partial charge in [0.1, 0.15) is 13.2 Å². The van der Waals surface area contributed by atoms with Crippen molar-refractivity contribution in [2.24, 2.45) is 0 Å². The Morgan fingerprint density at radius 3 is 1.22 bits per heavy atom. The molecular formula is C57H80O6. The highest BCUT2D eigenvalue weighted by Gasteiger charge is 2.19. The molecule has 1 atom stereocenters. The number of esters is 3. The Hall–Kier alpha value is -5.49. The van der Waals surface area contributed by atoms with Gasteiger partial charge in [0.25, 0.3) is 0 Å². The van der Waals surface area contributed by atoms with Crippen LogP contribution < -0.4 is 0 Å². The summed E-state index contributed by atoms with van der Waals surface area (Å²) in [5, 5.41) is 0. The van der Waals surface area contributed by atoms with Crippen molar-refractivity contribution < 1.29 is 28.6 Å². The summed E-state index contributed by atoms with van der Waals surface area (Å²) in [6.45, 7) is 6.02. The SMILES string of the molecule is CC\C=C/C=C\C=C/C=C\C=C\C=C/C=C\CCCCCC(=O)OCC(COC(=O)C/C=C\C/C=C\C/C=C\CC)OC(=O)CCC/C=C\C/C=C\C/C=C\C/C=C\C/C=C\CC. The molecule has 6 nitrogen and oxygen atoms in total. The van der Waals surface area contributed by atoms with E-state index in [9.17, 15) is 14.4 Å². The van der Waals surface area contributed by atoms with Gasteiger partial charge >= 0.3 is 17.9 Å². The molecule has 0 aromatic carbocycles. The normalized spacial score (nSPS) is 13.8. The number of unbranched alkanes of at least 4 members (excludes halogenated alkanes) is 4. The van der Waals surface area contributed by atoms with E-state index in [-0.39, 0.29) is 38.4 Å². The van der Waals surface area contributed by atoms with Crippen molar-refractivity contribution in [1.82, 2.24) is 0 Å². The molecule has 63 heavy (non-hydrogen) atoms. The zero-order valence-corrected chi connectivity index (χ0v) is 39.0. The number of allylic oxidation sites excluding steroid dienone is 29. The Labute approximate surface area is 383 Å². The fourth-order valence-corrected chi connectivity index (χ4v) is 5.22. The Balaban J connectivity index is 4.66. The molecule has 0 aliphatic heterocycles. The van der Waals surface area contributed by atoms with Gasteiger partial charge in [0.05, 0.1) is 6.42 Å². The topological polar surface area (TPSA) is 78.9 Å². The Bertz CT molecular complexity index is 1600. The van der Waals surface area contributed by atoms with Gasteiger partial charge in [0.2, 0.25) is 0 Å². The van der Waals surface area contributed by atoms with Crippen molar-refractivity contribution in [3.05, 3.63) is 182 Å². The monoisotopic (exact) mass is 861 g/mol. The van der Waals surface area contributed by atoms with Crippen molar-refractivity contribution in [3.63, 3.8) is 0 Å². The molecule has 0 fully saturated rings. The van der Waals surface area contributed by atoms with Crippen molar-refractivity contribution in [2.75, 3.05) is 13.2 Å². The average Bonchev–Trinajstić information content (AvgIpc) is 3.28. The Morgan fingerprint density at radius 1 is 0.349 bits per heavy atom. The predicted octanol–water partition coefficient (Wildman–Crippen LogP) is 15.4. The van der Waals surface area contributed by atoms with Crippen molar-refractivity contribution in [1.29, 1.82) is 0 Å². The van der Waals surface area contributed by atoms with E-state index in [4.69, 9.17) is 14.2 Å². The molecule has 0 saturated carbocycles. The van der Waals surface area contributed by atoms with Gasteiger partial charge < -0.3 is 14.2 Å². The molecule has 0 bridgehead atoms. The van der Waals surface area contributed by atoms with Gasteiger partial charge in [-0.3, -0.25) is 14.4 Å². The Kier molecular flexibility index (Phi) is 44.9. The maximum absolute atomic E-state index is 12.7. The van der Waals surface area contributed by atoms with E-state index in [1.54, 1.807) is 6.08 Å². The van der Waals surface area contributed by atoms with Crippen LogP contribution >= 0.6 is 0 Å². The second-order valence-corrected chi connectivity index (χ2v) is 14.4. The van der Waals surface area contributed by atoms with E-state index in [0.717, 1.165) is 83.5 Å². The lowest BCUT2D eigenvalue weighted by atomic mass is 10.1. The maximum atomic E-state index is 12.7. The van der Waals surface area contributed by atoms with Crippen LogP contribution in [0.2, 0.25) is 0 Å². The van der Waals surface area contributed by atoms with Gasteiger partial charge in [-0.25, -0.2) is 0 Å². The van der Waals surface area contributed by atoms with Crippen LogP contribution in [0.15, 0.2) is 182 Å². The fraction of sp³-hybridized carbons (Fsp3) is 0.421. The first kappa shape index (κ1) is 57.5. The third kappa shape index (κ3) is 47.4. The van der Waals surface area contributed by atoms with Crippen LogP contribution in [0.3, 0.4) is 0 Å². The van der Waals surface area contributed by atoms with Crippen LogP contribution in [-0.4, -0.2) is 37.2 Å². The van der Waals surface area contributed by atoms with Crippen LogP contribution in [0, 0.1) is 0 Å². The van der Waals surface area contributed by atoms with Gasteiger partial charge in [-0.15, -0.1) is 0 Å². The van der Waals surface area contributed by atoms with Gasteiger partial charge in [0.15, 0.2) is 6.10 Å². The quantitative estimate of drug-likeness (QED) is 0.0202. The smallest absolute Gasteiger partial charge is 0.309 e. The van der Waals surface area contributed by atoms with E-state index in [1.807, 2.05) is 79.0 Å². The summed E-state index contributed by atoms with van der Waals surface area (Å²) in [6, 6.07) is 0. The standard InChI is InChI=1S/C57H80O6/c1-4-7-10-13-16-19-21-23-25-27-28-30-31-33-35-38-41-44-47-50-56(59)62-53-54(52-61-55(58)49-46-43-40-37-18-15-12-9-6-3)63-57(60)51-48-45-42-39-36-34-32-29-26-24-22-20-17-14-11-8-5-2/h7-13,16-21,23-28,30-35,37,39,42-43,46,54H,4-6,14-15,22,29,36,38,40-41,44-45,47-53H2,1-3H3/b10-7-,11-8-,12-9-,16-13-,20-17-,21-19-,25-23-,26-24-,28-27+,31-30-,34-32-,35-33-,37-18-,42-39-,46-43-. The highest BCUT2D eigenvalue weighted by Crippen LogP contribution is 2.09. The van der Waals surface area contributed by atoms with E-state index < -0.39 is 18.0 Å². The van der Waals surface area contributed by atoms with E-state index in [1.165, 1.54) is 0 Å². The molecule has 6 heteroatoms. The first-order valence-electron chi connectivity index (χ1n) is 23.4. The highest BCUT2D eigenvalue weighted by atomic mass is 16.6. The molecule has 0 spiro atoms. The number of hydrogen-bond donors (Lipinski definition) is 0. The summed E-state index contributed by atoms with van der Waals surface area (Å²) in [7, 11) is 0. The summed E-state index contributed by atoms with van der Waals surface area (Å²) in [6.07, 6.45) is 74.8. The van der Waals surface area contributed by atoms with Crippen LogP contribution in [0.1, 0.15) is 136 Å². The molecule has 344 valence electrons. The summed E-state index contributed by atoms with van der Waals surface area (Å²) in [4.78, 5) is 37.7. The summed E-state index contributed by atoms with van der Waals surface area (Å²) >= 11 is 0. The number of hydrogen-bond acceptors (Lipinski definition) is 6. The minimum absolute atomic E-state index is 0.103. The number of ether oxygens (including phenoxy) is 3. The molecule has 0 aliphatic rings. The molecule has 0 heterocycles. The summed E-state index contributed by atoms with van der Waals surface area (Å²) < 4.78 is 16.5. The molecule has 0 aromatic rings. The second-order valence-electron chi connectivity index (χ2n) is 14.4. The van der Waals surface area contributed by atoms with E-state index >= 15 is 0 Å². The minimum Gasteiger partial charge on any atom is -0.462 e. The predicted molar refractivity (Wildman–Crippen MR) is 269 cm³/mol. The average molecular weight is 861 g/mol. The molecule has 0 aliphatic carbocycles. The molecule has 0 saturated heterocycles. The first-order chi connectivity index (χ1) is 31.0. The molecule has 0 aromatic heterocycles. The number of carbonyl (C=O) groups is 3. The van der Waals surface area contributed by atoms with Gasteiger partial charge in [-0.1, -0.05) is 209 Å². The zero-order chi connectivity index (χ0) is 45.8. The summed E-state index contributed by atoms with van der Waals surface area (Å²) in [5.41, 5.74) is 0. The highest BCUT2D eigenvalue weighted by molar-refractivity contribution is 5.72. The molecule has 0 amide bonds. The molecule has 0 radical (unpaired) electrons. The van der Waals surface area contributed by atoms with Crippen LogP contribution in [0.4, 0.5) is 0 Å². The van der Waals surface area contributed by atoms with Gasteiger partial charge in [0, 0.05) is 12.8 Å².